The summed E-state index contributed by atoms with van der Waals surface area (Å²) >= 11 is 7.32. The second kappa shape index (κ2) is 3.84. The first kappa shape index (κ1) is 9.27. The molecule has 0 N–H and O–H groups in total. The van der Waals surface area contributed by atoms with Gasteiger partial charge in [0, 0.05) is 9.93 Å². The summed E-state index contributed by atoms with van der Waals surface area (Å²) in [6.45, 7) is 0.299. The third-order valence-electron chi connectivity index (χ3n) is 1.66. The maximum atomic E-state index is 8.16. The molecule has 0 amide bonds. The Morgan fingerprint density at radius 2 is 2.43 bits per heavy atom. The summed E-state index contributed by atoms with van der Waals surface area (Å²) in [4.78, 5) is 6.97. The molecule has 6 heteroatoms. The maximum absolute atomic E-state index is 8.16. The van der Waals surface area contributed by atoms with Gasteiger partial charge in [-0.3, -0.25) is 0 Å². The van der Waals surface area contributed by atoms with Crippen LogP contribution in [0.4, 0.5) is 0 Å². The first-order valence-corrected chi connectivity index (χ1v) is 5.05. The number of fused-ring (bicyclic) bond motifs is 1. The third kappa shape index (κ3) is 1.80. The van der Waals surface area contributed by atoms with Gasteiger partial charge in [-0.15, -0.1) is 11.3 Å². The molecule has 14 heavy (non-hydrogen) atoms. The predicted molar refractivity (Wildman–Crippen MR) is 57.5 cm³/mol. The van der Waals surface area contributed by atoms with Gasteiger partial charge in [0.15, 0.2) is 0 Å². The number of nitrogens with zero attached hydrogens (tertiary/aromatic N) is 4. The van der Waals surface area contributed by atoms with E-state index in [0.29, 0.717) is 11.6 Å². The van der Waals surface area contributed by atoms with E-state index in [-0.39, 0.29) is 0 Å². The molecule has 1 aromatic carbocycles. The summed E-state index contributed by atoms with van der Waals surface area (Å²) < 4.78 is 1.01. The summed E-state index contributed by atoms with van der Waals surface area (Å²) in [5, 5.41) is 4.95. The Morgan fingerprint density at radius 3 is 3.21 bits per heavy atom. The van der Waals surface area contributed by atoms with Gasteiger partial charge in [0.2, 0.25) is 0 Å². The van der Waals surface area contributed by atoms with Crippen molar-refractivity contribution in [3.63, 3.8) is 0 Å². The summed E-state index contributed by atoms with van der Waals surface area (Å²) in [5.41, 5.74) is 9.05. The first-order valence-electron chi connectivity index (χ1n) is 3.85. The average molecular weight is 225 g/mol. The molecule has 0 radical (unpaired) electrons. The van der Waals surface area contributed by atoms with Crippen LogP contribution in [0.15, 0.2) is 23.3 Å². The predicted octanol–water partition coefficient (Wildman–Crippen LogP) is 3.76. The van der Waals surface area contributed by atoms with Crippen LogP contribution >= 0.6 is 22.9 Å². The minimum Gasteiger partial charge on any atom is -0.241 e. The topological polar surface area (TPSA) is 61.7 Å². The fourth-order valence-corrected chi connectivity index (χ4v) is 2.27. The largest absolute Gasteiger partial charge is 0.241 e. The van der Waals surface area contributed by atoms with E-state index in [2.05, 4.69) is 15.0 Å². The molecular formula is C8H5ClN4S. The van der Waals surface area contributed by atoms with Crippen molar-refractivity contribution in [2.45, 2.75) is 6.54 Å². The van der Waals surface area contributed by atoms with Crippen molar-refractivity contribution in [1.29, 1.82) is 0 Å². The number of rotatable bonds is 2. The summed E-state index contributed by atoms with van der Waals surface area (Å²) in [5.74, 6) is 0. The number of halogens is 1. The smallest absolute Gasteiger partial charge is 0.0996 e. The van der Waals surface area contributed by atoms with E-state index in [0.717, 1.165) is 15.2 Å². The number of aromatic nitrogens is 1. The molecule has 0 spiro atoms. The molecule has 0 bridgehead atoms. The number of benzene rings is 1. The zero-order chi connectivity index (χ0) is 9.97. The highest BCUT2D eigenvalue weighted by Crippen LogP contribution is 2.25. The summed E-state index contributed by atoms with van der Waals surface area (Å²) in [6, 6.07) is 5.50. The van der Waals surface area contributed by atoms with Gasteiger partial charge in [0.25, 0.3) is 0 Å². The minimum atomic E-state index is 0.299. The van der Waals surface area contributed by atoms with Gasteiger partial charge in [-0.2, -0.15) is 0 Å². The van der Waals surface area contributed by atoms with Gasteiger partial charge in [0.05, 0.1) is 21.8 Å². The van der Waals surface area contributed by atoms with E-state index in [4.69, 9.17) is 17.1 Å². The van der Waals surface area contributed by atoms with E-state index < -0.39 is 0 Å². The molecule has 2 rings (SSSR count). The molecule has 0 atom stereocenters. The molecule has 0 saturated heterocycles. The van der Waals surface area contributed by atoms with Crippen LogP contribution in [0.1, 0.15) is 5.01 Å². The van der Waals surface area contributed by atoms with Crippen LogP contribution in [0.25, 0.3) is 20.7 Å². The SMILES string of the molecule is [N-]=[N+]=NCc1nc2ccc(Cl)cc2s1. The highest BCUT2D eigenvalue weighted by Gasteiger charge is 2.02. The van der Waals surface area contributed by atoms with Crippen LogP contribution in [0.2, 0.25) is 5.02 Å². The van der Waals surface area contributed by atoms with Crippen LogP contribution < -0.4 is 0 Å². The van der Waals surface area contributed by atoms with E-state index in [1.807, 2.05) is 12.1 Å². The van der Waals surface area contributed by atoms with E-state index >= 15 is 0 Å². The Balaban J connectivity index is 2.45. The van der Waals surface area contributed by atoms with Crippen molar-refractivity contribution in [3.05, 3.63) is 38.7 Å². The van der Waals surface area contributed by atoms with Crippen LogP contribution in [0.3, 0.4) is 0 Å². The lowest BCUT2D eigenvalue weighted by Gasteiger charge is -1.86. The first-order chi connectivity index (χ1) is 6.79. The Hall–Kier alpha value is -1.29. The molecule has 0 saturated carbocycles. The minimum absolute atomic E-state index is 0.299. The van der Waals surface area contributed by atoms with Gasteiger partial charge >= 0.3 is 0 Å². The molecule has 0 aliphatic rings. The van der Waals surface area contributed by atoms with Crippen molar-refractivity contribution in [3.8, 4) is 0 Å². The van der Waals surface area contributed by atoms with Crippen molar-refractivity contribution in [1.82, 2.24) is 4.98 Å². The molecule has 0 aliphatic heterocycles. The average Bonchev–Trinajstić information content (AvgIpc) is 2.56. The van der Waals surface area contributed by atoms with Crippen LogP contribution in [-0.2, 0) is 6.54 Å². The molecule has 1 aromatic heterocycles. The monoisotopic (exact) mass is 224 g/mol. The highest BCUT2D eigenvalue weighted by molar-refractivity contribution is 7.18. The third-order valence-corrected chi connectivity index (χ3v) is 2.90. The van der Waals surface area contributed by atoms with Crippen molar-refractivity contribution in [2.24, 2.45) is 5.11 Å². The Morgan fingerprint density at radius 1 is 1.57 bits per heavy atom. The number of hydrogen-bond donors (Lipinski definition) is 0. The molecule has 1 heterocycles. The molecular weight excluding hydrogens is 220 g/mol. The molecule has 70 valence electrons. The van der Waals surface area contributed by atoms with Gasteiger partial charge in [-0.05, 0) is 23.7 Å². The number of azide groups is 1. The lowest BCUT2D eigenvalue weighted by Crippen LogP contribution is -1.75. The second-order valence-electron chi connectivity index (χ2n) is 2.61. The van der Waals surface area contributed by atoms with E-state index in [1.54, 1.807) is 6.07 Å². The van der Waals surface area contributed by atoms with Gasteiger partial charge in [-0.25, -0.2) is 4.98 Å². The lowest BCUT2D eigenvalue weighted by molar-refractivity contribution is 1.03. The fraction of sp³-hybridized carbons (Fsp3) is 0.125. The van der Waals surface area contributed by atoms with E-state index in [1.165, 1.54) is 11.3 Å². The van der Waals surface area contributed by atoms with Crippen LogP contribution in [0.5, 0.6) is 0 Å². The van der Waals surface area contributed by atoms with E-state index in [9.17, 15) is 0 Å². The van der Waals surface area contributed by atoms with Gasteiger partial charge in [0.1, 0.15) is 0 Å². The molecule has 2 aromatic rings. The van der Waals surface area contributed by atoms with Crippen molar-refractivity contribution in [2.75, 3.05) is 0 Å². The van der Waals surface area contributed by atoms with Crippen molar-refractivity contribution < 1.29 is 0 Å². The number of hydrogen-bond acceptors (Lipinski definition) is 3. The fourth-order valence-electron chi connectivity index (χ4n) is 1.11. The number of thiazole rings is 1. The maximum Gasteiger partial charge on any atom is 0.0996 e. The quantitative estimate of drug-likeness (QED) is 0.435. The zero-order valence-corrected chi connectivity index (χ0v) is 8.59. The van der Waals surface area contributed by atoms with Crippen LogP contribution in [-0.4, -0.2) is 4.98 Å². The van der Waals surface area contributed by atoms with Crippen molar-refractivity contribution >= 4 is 33.2 Å². The molecule has 0 unspecified atom stereocenters. The standard InChI is InChI=1S/C8H5ClN4S/c9-5-1-2-6-7(3-5)14-8(12-6)4-11-13-10/h1-3H,4H2. The van der Waals surface area contributed by atoms with Gasteiger partial charge < -0.3 is 0 Å². The Labute approximate surface area is 88.8 Å². The molecule has 4 nitrogen and oxygen atoms in total. The Bertz CT molecular complexity index is 515. The van der Waals surface area contributed by atoms with Gasteiger partial charge in [-0.1, -0.05) is 16.7 Å². The summed E-state index contributed by atoms with van der Waals surface area (Å²) in [6.07, 6.45) is 0. The van der Waals surface area contributed by atoms with Crippen LogP contribution in [0, 0.1) is 0 Å². The normalized spacial score (nSPS) is 10.1. The highest BCUT2D eigenvalue weighted by atomic mass is 35.5. The zero-order valence-electron chi connectivity index (χ0n) is 7.01. The summed E-state index contributed by atoms with van der Waals surface area (Å²) in [7, 11) is 0. The Kier molecular flexibility index (Phi) is 2.54. The second-order valence-corrected chi connectivity index (χ2v) is 4.16. The molecule has 0 fully saturated rings. The molecule has 0 aliphatic carbocycles. The lowest BCUT2D eigenvalue weighted by atomic mass is 10.3.